The summed E-state index contributed by atoms with van der Waals surface area (Å²) in [5, 5.41) is 16.2. The number of benzene rings is 1. The van der Waals surface area contributed by atoms with Crippen LogP contribution in [-0.4, -0.2) is 26.1 Å². The summed E-state index contributed by atoms with van der Waals surface area (Å²) in [5.74, 6) is -5.84. The third kappa shape index (κ3) is 2.74. The standard InChI is InChI=1S/C13H12F3N3O2/c1-6(2)5-19-12(11(13(20)21)17-18-19)7-3-4-8(14)10(16)9(7)15/h3-4,6H,5H2,1-2H3,(H,20,21). The highest BCUT2D eigenvalue weighted by Crippen LogP contribution is 2.28. The van der Waals surface area contributed by atoms with Crippen molar-refractivity contribution in [2.24, 2.45) is 5.92 Å². The minimum absolute atomic E-state index is 0.0699. The number of nitrogens with zero attached hydrogens (tertiary/aromatic N) is 3. The van der Waals surface area contributed by atoms with Crippen LogP contribution >= 0.6 is 0 Å². The van der Waals surface area contributed by atoms with Crippen LogP contribution in [0, 0.1) is 23.4 Å². The first kappa shape index (κ1) is 15.0. The molecule has 2 aromatic rings. The SMILES string of the molecule is CC(C)Cn1nnc(C(=O)O)c1-c1ccc(F)c(F)c1F. The average molecular weight is 299 g/mol. The molecule has 2 rings (SSSR count). The third-order valence-electron chi connectivity index (χ3n) is 2.77. The van der Waals surface area contributed by atoms with E-state index in [1.807, 2.05) is 13.8 Å². The lowest BCUT2D eigenvalue weighted by Crippen LogP contribution is -2.10. The maximum absolute atomic E-state index is 13.9. The second-order valence-electron chi connectivity index (χ2n) is 4.89. The smallest absolute Gasteiger partial charge is 0.358 e. The van der Waals surface area contributed by atoms with Crippen LogP contribution in [0.2, 0.25) is 0 Å². The van der Waals surface area contributed by atoms with Gasteiger partial charge in [-0.25, -0.2) is 22.6 Å². The van der Waals surface area contributed by atoms with Crippen molar-refractivity contribution >= 4 is 5.97 Å². The number of aromatic carboxylic acids is 1. The Kier molecular flexibility index (Phi) is 3.97. The molecule has 8 heteroatoms. The number of hydrogen-bond acceptors (Lipinski definition) is 3. The number of rotatable bonds is 4. The van der Waals surface area contributed by atoms with Crippen LogP contribution in [-0.2, 0) is 6.54 Å². The molecule has 0 bridgehead atoms. The summed E-state index contributed by atoms with van der Waals surface area (Å²) in [6, 6.07) is 1.70. The van der Waals surface area contributed by atoms with Crippen molar-refractivity contribution in [2.45, 2.75) is 20.4 Å². The molecule has 0 aliphatic carbocycles. The molecule has 0 atom stereocenters. The molecular formula is C13H12F3N3O2. The zero-order valence-electron chi connectivity index (χ0n) is 11.3. The van der Waals surface area contributed by atoms with Gasteiger partial charge in [0.05, 0.1) is 0 Å². The van der Waals surface area contributed by atoms with Crippen LogP contribution in [0.3, 0.4) is 0 Å². The highest BCUT2D eigenvalue weighted by atomic mass is 19.2. The zero-order valence-corrected chi connectivity index (χ0v) is 11.3. The van der Waals surface area contributed by atoms with Crippen molar-refractivity contribution in [3.8, 4) is 11.3 Å². The van der Waals surface area contributed by atoms with Crippen LogP contribution in [0.4, 0.5) is 13.2 Å². The minimum atomic E-state index is -1.67. The molecule has 1 aromatic carbocycles. The molecule has 0 spiro atoms. The predicted molar refractivity (Wildman–Crippen MR) is 67.1 cm³/mol. The van der Waals surface area contributed by atoms with Gasteiger partial charge in [-0.1, -0.05) is 19.1 Å². The van der Waals surface area contributed by atoms with Gasteiger partial charge in [0.15, 0.2) is 23.1 Å². The first-order valence-electron chi connectivity index (χ1n) is 6.13. The van der Waals surface area contributed by atoms with Crippen LogP contribution < -0.4 is 0 Å². The Bertz CT molecular complexity index is 698. The van der Waals surface area contributed by atoms with Gasteiger partial charge in [0, 0.05) is 12.1 Å². The molecule has 0 radical (unpaired) electrons. The molecule has 21 heavy (non-hydrogen) atoms. The van der Waals surface area contributed by atoms with E-state index in [2.05, 4.69) is 10.3 Å². The van der Waals surface area contributed by atoms with Crippen LogP contribution in [0.5, 0.6) is 0 Å². The van der Waals surface area contributed by atoms with E-state index in [9.17, 15) is 18.0 Å². The summed E-state index contributed by atoms with van der Waals surface area (Å²) in [4.78, 5) is 11.2. The fourth-order valence-corrected chi connectivity index (χ4v) is 1.91. The van der Waals surface area contributed by atoms with E-state index in [1.165, 1.54) is 4.68 Å². The topological polar surface area (TPSA) is 68.0 Å². The molecule has 1 heterocycles. The Hall–Kier alpha value is -2.38. The summed E-state index contributed by atoms with van der Waals surface area (Å²) < 4.78 is 41.4. The fourth-order valence-electron chi connectivity index (χ4n) is 1.91. The van der Waals surface area contributed by atoms with Crippen LogP contribution in [0.1, 0.15) is 24.3 Å². The van der Waals surface area contributed by atoms with Gasteiger partial charge in [-0.2, -0.15) is 0 Å². The number of carbonyl (C=O) groups is 1. The summed E-state index contributed by atoms with van der Waals surface area (Å²) in [7, 11) is 0. The molecule has 0 aliphatic heterocycles. The van der Waals surface area contributed by atoms with Gasteiger partial charge in [0.2, 0.25) is 0 Å². The average Bonchev–Trinajstić information content (AvgIpc) is 2.79. The molecule has 0 saturated heterocycles. The van der Waals surface area contributed by atoms with Gasteiger partial charge in [-0.05, 0) is 18.1 Å². The van der Waals surface area contributed by atoms with Gasteiger partial charge in [0.1, 0.15) is 5.69 Å². The molecule has 0 unspecified atom stereocenters. The Labute approximate surface area is 118 Å². The second-order valence-corrected chi connectivity index (χ2v) is 4.89. The first-order valence-corrected chi connectivity index (χ1v) is 6.13. The van der Waals surface area contributed by atoms with Crippen molar-refractivity contribution in [1.82, 2.24) is 15.0 Å². The maximum atomic E-state index is 13.9. The molecule has 1 N–H and O–H groups in total. The monoisotopic (exact) mass is 299 g/mol. The largest absolute Gasteiger partial charge is 0.476 e. The number of aromatic nitrogens is 3. The van der Waals surface area contributed by atoms with Crippen LogP contribution in [0.25, 0.3) is 11.3 Å². The van der Waals surface area contributed by atoms with E-state index in [1.54, 1.807) is 0 Å². The Morgan fingerprint density at radius 3 is 2.52 bits per heavy atom. The van der Waals surface area contributed by atoms with Crippen molar-refractivity contribution in [1.29, 1.82) is 0 Å². The predicted octanol–water partition coefficient (Wildman–Crippen LogP) is 2.72. The number of halogens is 3. The second kappa shape index (κ2) is 5.55. The Morgan fingerprint density at radius 2 is 1.95 bits per heavy atom. The van der Waals surface area contributed by atoms with Gasteiger partial charge in [-0.3, -0.25) is 0 Å². The molecule has 0 saturated carbocycles. The van der Waals surface area contributed by atoms with Crippen LogP contribution in [0.15, 0.2) is 12.1 Å². The van der Waals surface area contributed by atoms with Gasteiger partial charge < -0.3 is 5.11 Å². The molecular weight excluding hydrogens is 287 g/mol. The summed E-state index contributed by atoms with van der Waals surface area (Å²) in [6.45, 7) is 3.94. The van der Waals surface area contributed by atoms with E-state index in [0.717, 1.165) is 12.1 Å². The minimum Gasteiger partial charge on any atom is -0.476 e. The van der Waals surface area contributed by atoms with Gasteiger partial charge in [-0.15, -0.1) is 5.10 Å². The first-order chi connectivity index (χ1) is 9.82. The number of carboxylic acid groups (broad SMARTS) is 1. The van der Waals surface area contributed by atoms with Crippen molar-refractivity contribution in [3.63, 3.8) is 0 Å². The molecule has 0 aliphatic rings. The quantitative estimate of drug-likeness (QED) is 0.881. The van der Waals surface area contributed by atoms with Crippen molar-refractivity contribution in [2.75, 3.05) is 0 Å². The van der Waals surface area contributed by atoms with E-state index < -0.39 is 34.7 Å². The molecule has 112 valence electrons. The lowest BCUT2D eigenvalue weighted by molar-refractivity contribution is 0.0691. The van der Waals surface area contributed by atoms with E-state index in [0.29, 0.717) is 0 Å². The normalized spacial score (nSPS) is 11.1. The molecule has 0 amide bonds. The summed E-state index contributed by atoms with van der Waals surface area (Å²) in [6.07, 6.45) is 0. The molecule has 1 aromatic heterocycles. The van der Waals surface area contributed by atoms with E-state index in [4.69, 9.17) is 5.11 Å². The fraction of sp³-hybridized carbons (Fsp3) is 0.308. The summed E-state index contributed by atoms with van der Waals surface area (Å²) in [5.41, 5.74) is -1.09. The van der Waals surface area contributed by atoms with Crippen molar-refractivity contribution in [3.05, 3.63) is 35.3 Å². The lowest BCUT2D eigenvalue weighted by Gasteiger charge is -2.10. The highest BCUT2D eigenvalue weighted by molar-refractivity contribution is 5.92. The maximum Gasteiger partial charge on any atom is 0.358 e. The summed E-state index contributed by atoms with van der Waals surface area (Å²) >= 11 is 0. The Morgan fingerprint density at radius 1 is 1.29 bits per heavy atom. The van der Waals surface area contributed by atoms with E-state index in [-0.39, 0.29) is 18.2 Å². The third-order valence-corrected chi connectivity index (χ3v) is 2.77. The Balaban J connectivity index is 2.69. The number of hydrogen-bond donors (Lipinski definition) is 1. The van der Waals surface area contributed by atoms with Gasteiger partial charge >= 0.3 is 5.97 Å². The van der Waals surface area contributed by atoms with E-state index >= 15 is 0 Å². The highest BCUT2D eigenvalue weighted by Gasteiger charge is 2.25. The molecule has 0 fully saturated rings. The lowest BCUT2D eigenvalue weighted by atomic mass is 10.1. The van der Waals surface area contributed by atoms with Crippen molar-refractivity contribution < 1.29 is 23.1 Å². The van der Waals surface area contributed by atoms with Gasteiger partial charge in [0.25, 0.3) is 0 Å². The molecule has 5 nitrogen and oxygen atoms in total. The zero-order chi connectivity index (χ0) is 15.7. The number of carboxylic acids is 1.